The van der Waals surface area contributed by atoms with Gasteiger partial charge in [0.1, 0.15) is 5.60 Å². The molecule has 0 radical (unpaired) electrons. The zero-order chi connectivity index (χ0) is 13.1. The summed E-state index contributed by atoms with van der Waals surface area (Å²) in [5, 5.41) is 0. The highest BCUT2D eigenvalue weighted by molar-refractivity contribution is 5.69. The number of hydrogen-bond donors (Lipinski definition) is 0. The quantitative estimate of drug-likeness (QED) is 0.687. The highest BCUT2D eigenvalue weighted by Gasteiger charge is 2.31. The molecule has 0 spiro atoms. The van der Waals surface area contributed by atoms with Crippen molar-refractivity contribution in [2.45, 2.75) is 65.5 Å². The number of ether oxygens (including phenoxy) is 1. The van der Waals surface area contributed by atoms with Gasteiger partial charge in [-0.15, -0.1) is 0 Å². The van der Waals surface area contributed by atoms with Crippen LogP contribution in [0.3, 0.4) is 0 Å². The van der Waals surface area contributed by atoms with Gasteiger partial charge >= 0.3 is 6.09 Å². The number of amides is 1. The molecule has 1 heterocycles. The van der Waals surface area contributed by atoms with E-state index in [0.717, 1.165) is 25.8 Å². The first-order valence-electron chi connectivity index (χ1n) is 6.42. The molecular weight excluding hydrogens is 214 g/mol. The lowest BCUT2D eigenvalue weighted by molar-refractivity contribution is 0.0228. The minimum absolute atomic E-state index is 0.165. The second-order valence-corrected chi connectivity index (χ2v) is 5.99. The van der Waals surface area contributed by atoms with Gasteiger partial charge < -0.3 is 9.64 Å². The van der Waals surface area contributed by atoms with Crippen molar-refractivity contribution < 1.29 is 9.53 Å². The Morgan fingerprint density at radius 3 is 2.59 bits per heavy atom. The van der Waals surface area contributed by atoms with Crippen molar-refractivity contribution in [3.05, 3.63) is 11.6 Å². The molecule has 0 aromatic heterocycles. The summed E-state index contributed by atoms with van der Waals surface area (Å²) in [7, 11) is 0. The second kappa shape index (κ2) is 5.56. The molecule has 0 N–H and O–H groups in total. The first-order valence-corrected chi connectivity index (χ1v) is 6.42. The first-order chi connectivity index (χ1) is 7.79. The number of carbonyl (C=O) groups excluding carboxylic acids is 1. The fourth-order valence-electron chi connectivity index (χ4n) is 2.01. The fourth-order valence-corrected chi connectivity index (χ4v) is 2.01. The Hall–Kier alpha value is -0.990. The maximum atomic E-state index is 12.0. The van der Waals surface area contributed by atoms with E-state index in [1.807, 2.05) is 25.7 Å². The molecule has 3 nitrogen and oxygen atoms in total. The molecule has 1 aliphatic rings. The fraction of sp³-hybridized carbons (Fsp3) is 0.786. The number of likely N-dealkylation sites (tertiary alicyclic amines) is 1. The van der Waals surface area contributed by atoms with Gasteiger partial charge in [-0.1, -0.05) is 11.6 Å². The topological polar surface area (TPSA) is 29.5 Å². The third-order valence-corrected chi connectivity index (χ3v) is 2.80. The normalized spacial score (nSPS) is 20.3. The van der Waals surface area contributed by atoms with E-state index in [4.69, 9.17) is 4.74 Å². The molecule has 1 atom stereocenters. The van der Waals surface area contributed by atoms with Gasteiger partial charge in [-0.05, 0) is 53.9 Å². The molecule has 98 valence electrons. The van der Waals surface area contributed by atoms with E-state index in [9.17, 15) is 4.79 Å². The minimum Gasteiger partial charge on any atom is -0.444 e. The lowest BCUT2D eigenvalue weighted by atomic mass is 10.1. The van der Waals surface area contributed by atoms with Gasteiger partial charge in [-0.2, -0.15) is 0 Å². The van der Waals surface area contributed by atoms with Crippen LogP contribution in [0.5, 0.6) is 0 Å². The van der Waals surface area contributed by atoms with Crippen LogP contribution in [0.2, 0.25) is 0 Å². The summed E-state index contributed by atoms with van der Waals surface area (Å²) in [6.07, 6.45) is 5.15. The molecule has 1 amide bonds. The van der Waals surface area contributed by atoms with Crippen LogP contribution in [-0.4, -0.2) is 29.2 Å². The average Bonchev–Trinajstić information content (AvgIpc) is 2.59. The Morgan fingerprint density at radius 1 is 1.41 bits per heavy atom. The highest BCUT2D eigenvalue weighted by Crippen LogP contribution is 2.23. The Kier molecular flexibility index (Phi) is 4.61. The molecule has 0 aromatic carbocycles. The van der Waals surface area contributed by atoms with Crippen molar-refractivity contribution in [3.63, 3.8) is 0 Å². The molecule has 1 unspecified atom stereocenters. The summed E-state index contributed by atoms with van der Waals surface area (Å²) in [5.74, 6) is 0. The van der Waals surface area contributed by atoms with Crippen LogP contribution >= 0.6 is 0 Å². The smallest absolute Gasteiger partial charge is 0.410 e. The number of rotatable bonds is 2. The maximum absolute atomic E-state index is 12.0. The van der Waals surface area contributed by atoms with Gasteiger partial charge in [0.2, 0.25) is 0 Å². The van der Waals surface area contributed by atoms with E-state index in [2.05, 4.69) is 19.9 Å². The molecule has 1 rings (SSSR count). The van der Waals surface area contributed by atoms with Crippen molar-refractivity contribution in [1.82, 2.24) is 4.90 Å². The van der Waals surface area contributed by atoms with Crippen LogP contribution in [-0.2, 0) is 4.74 Å². The Labute approximate surface area is 105 Å². The molecular formula is C14H25NO2. The molecule has 1 saturated heterocycles. The summed E-state index contributed by atoms with van der Waals surface area (Å²) in [6.45, 7) is 10.7. The molecule has 3 heteroatoms. The lowest BCUT2D eigenvalue weighted by Gasteiger charge is -2.28. The van der Waals surface area contributed by atoms with Crippen LogP contribution in [0.4, 0.5) is 4.79 Å². The van der Waals surface area contributed by atoms with Gasteiger partial charge in [0, 0.05) is 12.6 Å². The van der Waals surface area contributed by atoms with E-state index in [1.54, 1.807) is 0 Å². The number of nitrogens with zero attached hydrogens (tertiary/aromatic N) is 1. The third-order valence-electron chi connectivity index (χ3n) is 2.80. The third kappa shape index (κ3) is 4.80. The van der Waals surface area contributed by atoms with Gasteiger partial charge in [0.05, 0.1) is 0 Å². The molecule has 1 fully saturated rings. The van der Waals surface area contributed by atoms with Crippen molar-refractivity contribution >= 4 is 6.09 Å². The minimum atomic E-state index is -0.402. The van der Waals surface area contributed by atoms with Crippen molar-refractivity contribution in [2.75, 3.05) is 6.54 Å². The predicted molar refractivity (Wildman–Crippen MR) is 70.0 cm³/mol. The summed E-state index contributed by atoms with van der Waals surface area (Å²) in [5.41, 5.74) is 0.904. The molecule has 1 aliphatic heterocycles. The highest BCUT2D eigenvalue weighted by atomic mass is 16.6. The molecule has 0 aliphatic carbocycles. The Morgan fingerprint density at radius 2 is 2.06 bits per heavy atom. The zero-order valence-electron chi connectivity index (χ0n) is 11.7. The van der Waals surface area contributed by atoms with Gasteiger partial charge in [-0.3, -0.25) is 0 Å². The molecule has 0 aromatic rings. The number of carbonyl (C=O) groups is 1. The van der Waals surface area contributed by atoms with Crippen LogP contribution in [0.1, 0.15) is 53.9 Å². The summed E-state index contributed by atoms with van der Waals surface area (Å²) in [4.78, 5) is 13.9. The summed E-state index contributed by atoms with van der Waals surface area (Å²) < 4.78 is 5.42. The standard InChI is InChI=1S/C14H25NO2/c1-11(2)8-9-12-7-6-10-15(12)13(16)17-14(3,4)5/h8,12H,6-7,9-10H2,1-5H3. The van der Waals surface area contributed by atoms with E-state index < -0.39 is 5.60 Å². The van der Waals surface area contributed by atoms with Crippen molar-refractivity contribution in [2.24, 2.45) is 0 Å². The second-order valence-electron chi connectivity index (χ2n) is 5.99. The Balaban J connectivity index is 2.57. The number of hydrogen-bond acceptors (Lipinski definition) is 2. The van der Waals surface area contributed by atoms with Gasteiger partial charge in [-0.25, -0.2) is 4.79 Å². The van der Waals surface area contributed by atoms with Crippen molar-refractivity contribution in [3.8, 4) is 0 Å². The maximum Gasteiger partial charge on any atom is 0.410 e. The van der Waals surface area contributed by atoms with E-state index in [0.29, 0.717) is 6.04 Å². The van der Waals surface area contributed by atoms with E-state index in [1.165, 1.54) is 5.57 Å². The number of allylic oxidation sites excluding steroid dienone is 1. The van der Waals surface area contributed by atoms with Crippen LogP contribution in [0.15, 0.2) is 11.6 Å². The lowest BCUT2D eigenvalue weighted by Crippen LogP contribution is -2.39. The Bertz CT molecular complexity index is 298. The van der Waals surface area contributed by atoms with Crippen molar-refractivity contribution in [1.29, 1.82) is 0 Å². The van der Waals surface area contributed by atoms with Gasteiger partial charge in [0.25, 0.3) is 0 Å². The monoisotopic (exact) mass is 239 g/mol. The summed E-state index contributed by atoms with van der Waals surface area (Å²) >= 11 is 0. The average molecular weight is 239 g/mol. The summed E-state index contributed by atoms with van der Waals surface area (Å²) in [6, 6.07) is 0.319. The zero-order valence-corrected chi connectivity index (χ0v) is 11.7. The first kappa shape index (κ1) is 14.1. The molecule has 0 saturated carbocycles. The van der Waals surface area contributed by atoms with E-state index >= 15 is 0 Å². The van der Waals surface area contributed by atoms with Gasteiger partial charge in [0.15, 0.2) is 0 Å². The van der Waals surface area contributed by atoms with E-state index in [-0.39, 0.29) is 6.09 Å². The molecule has 0 bridgehead atoms. The van der Waals surface area contributed by atoms with Crippen LogP contribution < -0.4 is 0 Å². The SMILES string of the molecule is CC(C)=CCC1CCCN1C(=O)OC(C)(C)C. The largest absolute Gasteiger partial charge is 0.444 e. The van der Waals surface area contributed by atoms with Crippen LogP contribution in [0, 0.1) is 0 Å². The van der Waals surface area contributed by atoms with Crippen LogP contribution in [0.25, 0.3) is 0 Å². The molecule has 17 heavy (non-hydrogen) atoms. The predicted octanol–water partition coefficient (Wildman–Crippen LogP) is 3.74.